The van der Waals surface area contributed by atoms with E-state index in [-0.39, 0.29) is 37.4 Å². The fourth-order valence-electron chi connectivity index (χ4n) is 2.06. The molecule has 1 unspecified atom stereocenters. The summed E-state index contributed by atoms with van der Waals surface area (Å²) in [6.07, 6.45) is 6.60. The van der Waals surface area contributed by atoms with Crippen LogP contribution < -0.4 is 5.73 Å². The Bertz CT molecular complexity index is 716. The molecule has 0 radical (unpaired) electrons. The molecule has 1 heterocycles. The SMILES string of the molecule is C/C=C/N(CC(F)CCC(=N)/C=C\C(N)=NC(=O)Cc1ccccn1)N=N. The molecule has 0 saturated carbocycles. The van der Waals surface area contributed by atoms with Gasteiger partial charge in [0.05, 0.1) is 13.0 Å². The maximum Gasteiger partial charge on any atom is 0.253 e. The standard InChI is InChI=1S/C18H24FN7O/c1-2-11-26(25-22)13-14(19)6-7-15(20)8-9-17(21)24-18(27)12-16-5-3-4-10-23-16/h2-5,8-11,14,20,22H,6-7,12-13H2,1H3,(H2,21,24,27)/b9-8-,11-2+,20-15?,25-22?. The Hall–Kier alpha value is -3.23. The Labute approximate surface area is 157 Å². The normalized spacial score (nSPS) is 13.0. The lowest BCUT2D eigenvalue weighted by Crippen LogP contribution is -2.21. The number of rotatable bonds is 11. The molecule has 0 aliphatic rings. The number of amides is 1. The van der Waals surface area contributed by atoms with Crippen molar-refractivity contribution >= 4 is 17.5 Å². The molecule has 1 aromatic heterocycles. The number of hydrogen-bond acceptors (Lipinski definition) is 5. The van der Waals surface area contributed by atoms with Crippen LogP contribution in [-0.2, 0) is 11.2 Å². The van der Waals surface area contributed by atoms with Crippen molar-refractivity contribution in [3.63, 3.8) is 0 Å². The highest BCUT2D eigenvalue weighted by molar-refractivity contribution is 6.04. The average molecular weight is 373 g/mol. The van der Waals surface area contributed by atoms with Gasteiger partial charge in [-0.15, -0.1) is 0 Å². The number of carbonyl (C=O) groups is 1. The van der Waals surface area contributed by atoms with Crippen LogP contribution in [0, 0.1) is 10.9 Å². The van der Waals surface area contributed by atoms with Crippen LogP contribution in [-0.4, -0.2) is 40.2 Å². The number of alkyl halides is 1. The summed E-state index contributed by atoms with van der Waals surface area (Å²) in [5.74, 6) is -0.459. The maximum absolute atomic E-state index is 13.9. The molecule has 0 aliphatic heterocycles. The first-order valence-electron chi connectivity index (χ1n) is 8.38. The molecule has 0 saturated heterocycles. The molecule has 1 rings (SSSR count). The number of halogens is 1. The van der Waals surface area contributed by atoms with Crippen molar-refractivity contribution in [2.75, 3.05) is 6.54 Å². The first-order chi connectivity index (χ1) is 12.9. The predicted octanol–water partition coefficient (Wildman–Crippen LogP) is 2.98. The van der Waals surface area contributed by atoms with Crippen LogP contribution in [0.25, 0.3) is 0 Å². The Morgan fingerprint density at radius 3 is 2.85 bits per heavy atom. The van der Waals surface area contributed by atoms with Gasteiger partial charge in [0.15, 0.2) is 0 Å². The third-order valence-electron chi connectivity index (χ3n) is 3.33. The largest absolute Gasteiger partial charge is 0.384 e. The molecule has 1 amide bonds. The van der Waals surface area contributed by atoms with Gasteiger partial charge in [-0.25, -0.2) is 4.39 Å². The van der Waals surface area contributed by atoms with E-state index in [1.54, 1.807) is 37.4 Å². The predicted molar refractivity (Wildman–Crippen MR) is 102 cm³/mol. The molecule has 27 heavy (non-hydrogen) atoms. The van der Waals surface area contributed by atoms with E-state index in [2.05, 4.69) is 15.2 Å². The van der Waals surface area contributed by atoms with E-state index in [1.165, 1.54) is 23.4 Å². The molecule has 8 nitrogen and oxygen atoms in total. The fourth-order valence-corrected chi connectivity index (χ4v) is 2.06. The lowest BCUT2D eigenvalue weighted by Gasteiger charge is -2.14. The first-order valence-corrected chi connectivity index (χ1v) is 8.38. The van der Waals surface area contributed by atoms with Gasteiger partial charge in [0.25, 0.3) is 5.91 Å². The quantitative estimate of drug-likeness (QED) is 0.238. The molecule has 4 N–H and O–H groups in total. The lowest BCUT2D eigenvalue weighted by atomic mass is 10.1. The minimum atomic E-state index is -1.23. The number of carbonyl (C=O) groups excluding carboxylic acids is 1. The Balaban J connectivity index is 2.42. The molecule has 0 fully saturated rings. The molecular formula is C18H24FN7O. The Morgan fingerprint density at radius 2 is 2.22 bits per heavy atom. The number of allylic oxidation sites excluding steroid dienone is 2. The van der Waals surface area contributed by atoms with Gasteiger partial charge in [0.1, 0.15) is 12.0 Å². The minimum Gasteiger partial charge on any atom is -0.384 e. The number of pyridine rings is 1. The van der Waals surface area contributed by atoms with Crippen molar-refractivity contribution in [3.8, 4) is 0 Å². The third kappa shape index (κ3) is 9.73. The van der Waals surface area contributed by atoms with Gasteiger partial charge in [-0.1, -0.05) is 17.4 Å². The summed E-state index contributed by atoms with van der Waals surface area (Å²) in [6.45, 7) is 1.70. The van der Waals surface area contributed by atoms with E-state index in [1.807, 2.05) is 0 Å². The zero-order chi connectivity index (χ0) is 20.1. The summed E-state index contributed by atoms with van der Waals surface area (Å²) in [5.41, 5.74) is 13.3. The summed E-state index contributed by atoms with van der Waals surface area (Å²) in [5, 5.41) is 12.2. The van der Waals surface area contributed by atoms with Crippen LogP contribution in [0.1, 0.15) is 25.5 Å². The number of aromatic nitrogens is 1. The molecule has 1 aromatic rings. The zero-order valence-corrected chi connectivity index (χ0v) is 15.2. The third-order valence-corrected chi connectivity index (χ3v) is 3.33. The monoisotopic (exact) mass is 373 g/mol. The molecule has 0 spiro atoms. The van der Waals surface area contributed by atoms with Crippen LogP contribution in [0.5, 0.6) is 0 Å². The van der Waals surface area contributed by atoms with Crippen LogP contribution in [0.2, 0.25) is 0 Å². The van der Waals surface area contributed by atoms with Gasteiger partial charge >= 0.3 is 0 Å². The van der Waals surface area contributed by atoms with Gasteiger partial charge in [0.2, 0.25) is 0 Å². The molecular weight excluding hydrogens is 349 g/mol. The van der Waals surface area contributed by atoms with Gasteiger partial charge in [-0.3, -0.25) is 14.8 Å². The Kier molecular flexibility index (Phi) is 9.84. The molecule has 9 heteroatoms. The van der Waals surface area contributed by atoms with Crippen molar-refractivity contribution < 1.29 is 9.18 Å². The molecule has 0 aromatic carbocycles. The number of aliphatic imine (C=N–C) groups is 1. The molecule has 0 aliphatic carbocycles. The molecule has 0 bridgehead atoms. The highest BCUT2D eigenvalue weighted by Crippen LogP contribution is 2.07. The van der Waals surface area contributed by atoms with E-state index >= 15 is 0 Å². The van der Waals surface area contributed by atoms with E-state index in [9.17, 15) is 9.18 Å². The van der Waals surface area contributed by atoms with E-state index in [0.717, 1.165) is 0 Å². The minimum absolute atomic E-state index is 0.0234. The van der Waals surface area contributed by atoms with Crippen LogP contribution in [0.4, 0.5) is 4.39 Å². The zero-order valence-electron chi connectivity index (χ0n) is 15.2. The second kappa shape index (κ2) is 12.2. The number of nitrogens with two attached hydrogens (primary N) is 1. The summed E-state index contributed by atoms with van der Waals surface area (Å²) < 4.78 is 13.9. The van der Waals surface area contributed by atoms with Crippen molar-refractivity contribution in [2.24, 2.45) is 15.9 Å². The number of hydrogen-bond donors (Lipinski definition) is 3. The smallest absolute Gasteiger partial charge is 0.253 e. The van der Waals surface area contributed by atoms with Crippen molar-refractivity contribution in [1.82, 2.24) is 9.99 Å². The van der Waals surface area contributed by atoms with Crippen molar-refractivity contribution in [3.05, 3.63) is 54.5 Å². The first kappa shape index (κ1) is 21.8. The van der Waals surface area contributed by atoms with E-state index in [0.29, 0.717) is 5.69 Å². The fraction of sp³-hybridized carbons (Fsp3) is 0.333. The topological polar surface area (TPSA) is 132 Å². The summed E-state index contributed by atoms with van der Waals surface area (Å²) in [6, 6.07) is 5.24. The van der Waals surface area contributed by atoms with Gasteiger partial charge < -0.3 is 11.1 Å². The van der Waals surface area contributed by atoms with Crippen LogP contribution in [0.15, 0.2) is 59.0 Å². The number of nitrogens with zero attached hydrogens (tertiary/aromatic N) is 4. The Morgan fingerprint density at radius 1 is 1.44 bits per heavy atom. The summed E-state index contributed by atoms with van der Waals surface area (Å²) >= 11 is 0. The van der Waals surface area contributed by atoms with Gasteiger partial charge in [-0.05, 0) is 44.1 Å². The van der Waals surface area contributed by atoms with E-state index in [4.69, 9.17) is 16.7 Å². The molecule has 144 valence electrons. The maximum atomic E-state index is 13.9. The second-order valence-corrected chi connectivity index (χ2v) is 5.63. The average Bonchev–Trinajstić information content (AvgIpc) is 2.65. The van der Waals surface area contributed by atoms with E-state index < -0.39 is 12.1 Å². The van der Waals surface area contributed by atoms with Crippen molar-refractivity contribution in [2.45, 2.75) is 32.4 Å². The highest BCUT2D eigenvalue weighted by Gasteiger charge is 2.11. The second-order valence-electron chi connectivity index (χ2n) is 5.63. The van der Waals surface area contributed by atoms with Gasteiger partial charge in [-0.2, -0.15) is 10.5 Å². The number of amidine groups is 1. The van der Waals surface area contributed by atoms with Crippen LogP contribution >= 0.6 is 0 Å². The molecule has 1 atom stereocenters. The number of nitrogens with one attached hydrogen (secondary N) is 2. The highest BCUT2D eigenvalue weighted by atomic mass is 19.1. The lowest BCUT2D eigenvalue weighted by molar-refractivity contribution is -0.117. The summed E-state index contributed by atoms with van der Waals surface area (Å²) in [7, 11) is 0. The van der Waals surface area contributed by atoms with Gasteiger partial charge in [0, 0.05) is 23.8 Å². The van der Waals surface area contributed by atoms with Crippen LogP contribution in [0.3, 0.4) is 0 Å². The summed E-state index contributed by atoms with van der Waals surface area (Å²) in [4.78, 5) is 19.5. The van der Waals surface area contributed by atoms with Crippen molar-refractivity contribution in [1.29, 1.82) is 10.9 Å².